The van der Waals surface area contributed by atoms with Gasteiger partial charge >= 0.3 is 0 Å². The Balaban J connectivity index is 2.29. The largest absolute Gasteiger partial charge is 0.501 e. The molecule has 0 spiro atoms. The van der Waals surface area contributed by atoms with Crippen LogP contribution in [0.3, 0.4) is 0 Å². The summed E-state index contributed by atoms with van der Waals surface area (Å²) in [7, 11) is 0. The van der Waals surface area contributed by atoms with Gasteiger partial charge in [0, 0.05) is 0 Å². The molecule has 1 unspecified atom stereocenters. The summed E-state index contributed by atoms with van der Waals surface area (Å²) in [5, 5.41) is 9.22. The molecule has 1 aromatic rings. The Morgan fingerprint density at radius 3 is 2.67 bits per heavy atom. The Kier molecular flexibility index (Phi) is 2.53. The second-order valence-electron chi connectivity index (χ2n) is 3.36. The standard InChI is InChI=1S/C13H10O2/c14-9-13(15)12-7-6-11(8-12)10-4-2-1-3-5-10/h1-8,12,15H. The topological polar surface area (TPSA) is 37.3 Å². The van der Waals surface area contributed by atoms with Crippen molar-refractivity contribution in [2.24, 2.45) is 5.92 Å². The molecule has 1 N–H and O–H groups in total. The van der Waals surface area contributed by atoms with Gasteiger partial charge < -0.3 is 5.11 Å². The van der Waals surface area contributed by atoms with E-state index in [1.54, 1.807) is 6.08 Å². The maximum absolute atomic E-state index is 10.3. The molecule has 1 aromatic carbocycles. The number of hydrogen-bond acceptors (Lipinski definition) is 2. The highest BCUT2D eigenvalue weighted by Gasteiger charge is 2.14. The Labute approximate surface area is 87.9 Å². The lowest BCUT2D eigenvalue weighted by atomic mass is 10.1. The van der Waals surface area contributed by atoms with E-state index in [1.165, 1.54) is 5.94 Å². The second kappa shape index (κ2) is 3.99. The molecular weight excluding hydrogens is 188 g/mol. The first-order valence-corrected chi connectivity index (χ1v) is 4.70. The quantitative estimate of drug-likeness (QED) is 0.585. The highest BCUT2D eigenvalue weighted by atomic mass is 16.3. The second-order valence-corrected chi connectivity index (χ2v) is 3.36. The van der Waals surface area contributed by atoms with Crippen LogP contribution in [0.15, 0.2) is 54.3 Å². The zero-order chi connectivity index (χ0) is 10.7. The summed E-state index contributed by atoms with van der Waals surface area (Å²) >= 11 is 0. The van der Waals surface area contributed by atoms with Crippen molar-refractivity contribution in [3.63, 3.8) is 0 Å². The van der Waals surface area contributed by atoms with E-state index in [1.807, 2.05) is 42.5 Å². The summed E-state index contributed by atoms with van der Waals surface area (Å²) in [6, 6.07) is 9.82. The average Bonchev–Trinajstić information content (AvgIpc) is 2.78. The minimum atomic E-state index is -0.322. The fourth-order valence-electron chi connectivity index (χ4n) is 1.57. The molecule has 0 saturated heterocycles. The fourth-order valence-corrected chi connectivity index (χ4v) is 1.57. The molecule has 0 bridgehead atoms. The van der Waals surface area contributed by atoms with Crippen LogP contribution in [0.4, 0.5) is 0 Å². The normalized spacial score (nSPS) is 18.4. The molecule has 0 aromatic heterocycles. The summed E-state index contributed by atoms with van der Waals surface area (Å²) in [5.41, 5.74) is 2.09. The summed E-state index contributed by atoms with van der Waals surface area (Å²) in [6.45, 7) is 0. The number of benzene rings is 1. The number of carbonyl (C=O) groups excluding carboxylic acids is 1. The Bertz CT molecular complexity index is 463. The van der Waals surface area contributed by atoms with E-state index < -0.39 is 0 Å². The minimum absolute atomic E-state index is 0.266. The monoisotopic (exact) mass is 198 g/mol. The van der Waals surface area contributed by atoms with Gasteiger partial charge in [-0.2, -0.15) is 0 Å². The van der Waals surface area contributed by atoms with E-state index in [0.29, 0.717) is 0 Å². The molecule has 2 nitrogen and oxygen atoms in total. The fraction of sp³-hybridized carbons (Fsp3) is 0.0769. The molecule has 1 aliphatic carbocycles. The summed E-state index contributed by atoms with van der Waals surface area (Å²) in [6.07, 6.45) is 5.52. The van der Waals surface area contributed by atoms with Gasteiger partial charge in [0.15, 0.2) is 11.7 Å². The van der Waals surface area contributed by atoms with E-state index >= 15 is 0 Å². The van der Waals surface area contributed by atoms with Crippen LogP contribution in [-0.2, 0) is 4.79 Å². The van der Waals surface area contributed by atoms with Crippen LogP contribution >= 0.6 is 0 Å². The molecule has 2 heteroatoms. The molecule has 1 aliphatic rings. The van der Waals surface area contributed by atoms with Crippen molar-refractivity contribution in [3.8, 4) is 0 Å². The molecule has 0 saturated carbocycles. The molecule has 0 amide bonds. The van der Waals surface area contributed by atoms with E-state index in [4.69, 9.17) is 0 Å². The number of aliphatic hydroxyl groups excluding tert-OH is 1. The summed E-state index contributed by atoms with van der Waals surface area (Å²) in [5.74, 6) is 0.917. The predicted octanol–water partition coefficient (Wildman–Crippen LogP) is 2.53. The Morgan fingerprint density at radius 2 is 2.00 bits per heavy atom. The molecule has 1 atom stereocenters. The van der Waals surface area contributed by atoms with Gasteiger partial charge in [-0.25, -0.2) is 4.79 Å². The molecule has 0 aliphatic heterocycles. The zero-order valence-electron chi connectivity index (χ0n) is 8.05. The highest BCUT2D eigenvalue weighted by Crippen LogP contribution is 2.27. The van der Waals surface area contributed by atoms with Crippen molar-refractivity contribution < 1.29 is 9.90 Å². The zero-order valence-corrected chi connectivity index (χ0v) is 8.05. The molecular formula is C13H10O2. The van der Waals surface area contributed by atoms with Gasteiger partial charge in [0.05, 0.1) is 5.92 Å². The molecule has 2 rings (SSSR count). The van der Waals surface area contributed by atoms with E-state index in [-0.39, 0.29) is 11.7 Å². The Hall–Kier alpha value is -2.05. The lowest BCUT2D eigenvalue weighted by molar-refractivity contribution is 0.379. The Morgan fingerprint density at radius 1 is 1.27 bits per heavy atom. The summed E-state index contributed by atoms with van der Waals surface area (Å²) in [4.78, 5) is 10.3. The first kappa shape index (κ1) is 9.50. The van der Waals surface area contributed by atoms with E-state index in [9.17, 15) is 9.90 Å². The molecule has 15 heavy (non-hydrogen) atoms. The van der Waals surface area contributed by atoms with Crippen LogP contribution in [0.1, 0.15) is 5.56 Å². The van der Waals surface area contributed by atoms with E-state index in [0.717, 1.165) is 11.1 Å². The van der Waals surface area contributed by atoms with Gasteiger partial charge in [-0.05, 0) is 11.1 Å². The molecule has 74 valence electrons. The third-order valence-electron chi connectivity index (χ3n) is 2.37. The first-order valence-electron chi connectivity index (χ1n) is 4.70. The van der Waals surface area contributed by atoms with Gasteiger partial charge in [-0.3, -0.25) is 0 Å². The molecule has 0 heterocycles. The predicted molar refractivity (Wildman–Crippen MR) is 58.9 cm³/mol. The lowest BCUT2D eigenvalue weighted by Gasteiger charge is -2.00. The van der Waals surface area contributed by atoms with Crippen molar-refractivity contribution in [2.45, 2.75) is 0 Å². The minimum Gasteiger partial charge on any atom is -0.501 e. The van der Waals surface area contributed by atoms with Crippen molar-refractivity contribution in [1.29, 1.82) is 0 Å². The third-order valence-corrected chi connectivity index (χ3v) is 2.37. The van der Waals surface area contributed by atoms with E-state index in [2.05, 4.69) is 0 Å². The van der Waals surface area contributed by atoms with Crippen LogP contribution in [0, 0.1) is 5.92 Å². The van der Waals surface area contributed by atoms with Crippen LogP contribution < -0.4 is 0 Å². The SMILES string of the molecule is O=C=C(O)C1C=CC(c2ccccc2)=C1. The van der Waals surface area contributed by atoms with Gasteiger partial charge in [0.2, 0.25) is 0 Å². The van der Waals surface area contributed by atoms with Crippen molar-refractivity contribution in [1.82, 2.24) is 0 Å². The number of rotatable bonds is 2. The highest BCUT2D eigenvalue weighted by molar-refractivity contribution is 5.78. The van der Waals surface area contributed by atoms with Gasteiger partial charge in [-0.15, -0.1) is 0 Å². The molecule has 0 radical (unpaired) electrons. The third kappa shape index (κ3) is 1.90. The van der Waals surface area contributed by atoms with Crippen molar-refractivity contribution >= 4 is 11.5 Å². The maximum Gasteiger partial charge on any atom is 0.187 e. The van der Waals surface area contributed by atoms with Crippen LogP contribution in [0.2, 0.25) is 0 Å². The van der Waals surface area contributed by atoms with Crippen LogP contribution in [0.5, 0.6) is 0 Å². The van der Waals surface area contributed by atoms with Gasteiger partial charge in [0.25, 0.3) is 0 Å². The van der Waals surface area contributed by atoms with Crippen LogP contribution in [0.25, 0.3) is 5.57 Å². The van der Waals surface area contributed by atoms with Crippen LogP contribution in [-0.4, -0.2) is 11.0 Å². The van der Waals surface area contributed by atoms with Gasteiger partial charge in [0.1, 0.15) is 0 Å². The van der Waals surface area contributed by atoms with Gasteiger partial charge in [-0.1, -0.05) is 48.6 Å². The number of aliphatic hydroxyl groups is 1. The lowest BCUT2D eigenvalue weighted by Crippen LogP contribution is -1.94. The number of allylic oxidation sites excluding steroid dienone is 3. The molecule has 0 fully saturated rings. The maximum atomic E-state index is 10.3. The first-order chi connectivity index (χ1) is 7.31. The van der Waals surface area contributed by atoms with Crippen molar-refractivity contribution in [2.75, 3.05) is 0 Å². The van der Waals surface area contributed by atoms with Crippen molar-refractivity contribution in [3.05, 3.63) is 59.9 Å². The smallest absolute Gasteiger partial charge is 0.187 e. The average molecular weight is 198 g/mol. The summed E-state index contributed by atoms with van der Waals surface area (Å²) < 4.78 is 0. The number of hydrogen-bond donors (Lipinski definition) is 1.